The molecule has 0 bridgehead atoms. The van der Waals surface area contributed by atoms with Crippen LogP contribution < -0.4 is 10.6 Å². The van der Waals surface area contributed by atoms with Crippen LogP contribution in [0, 0.1) is 5.92 Å². The predicted molar refractivity (Wildman–Crippen MR) is 89.8 cm³/mol. The molecule has 1 aromatic rings. The van der Waals surface area contributed by atoms with Crippen LogP contribution in [0.15, 0.2) is 29.3 Å². The summed E-state index contributed by atoms with van der Waals surface area (Å²) in [4.78, 5) is 4.14. The van der Waals surface area contributed by atoms with Crippen molar-refractivity contribution < 1.29 is 17.9 Å². The van der Waals surface area contributed by atoms with Crippen LogP contribution in [0.5, 0.6) is 0 Å². The summed E-state index contributed by atoms with van der Waals surface area (Å²) < 4.78 is 40.9. The molecule has 7 heteroatoms. The zero-order valence-electron chi connectivity index (χ0n) is 14.4. The van der Waals surface area contributed by atoms with Crippen molar-refractivity contribution in [3.8, 4) is 0 Å². The number of hydrogen-bond donors (Lipinski definition) is 2. The van der Waals surface area contributed by atoms with Gasteiger partial charge in [-0.25, -0.2) is 0 Å². The molecule has 0 aliphatic heterocycles. The largest absolute Gasteiger partial charge is 0.411 e. The molecule has 136 valence electrons. The maximum absolute atomic E-state index is 12.1. The quantitative estimate of drug-likeness (QED) is 0.560. The van der Waals surface area contributed by atoms with Crippen molar-refractivity contribution in [3.63, 3.8) is 0 Å². The van der Waals surface area contributed by atoms with Crippen molar-refractivity contribution in [1.29, 1.82) is 0 Å². The van der Waals surface area contributed by atoms with E-state index in [0.717, 1.165) is 18.5 Å². The SMILES string of the molecule is CN=C(NCCC(C)C)NCc1cccc(COCC(F)(F)F)c1. The number of nitrogens with one attached hydrogen (secondary N) is 2. The predicted octanol–water partition coefficient (Wildman–Crippen LogP) is 3.48. The number of aliphatic imine (C=N–C) groups is 1. The van der Waals surface area contributed by atoms with E-state index < -0.39 is 12.8 Å². The molecule has 0 spiro atoms. The van der Waals surface area contributed by atoms with Crippen molar-refractivity contribution in [2.45, 2.75) is 39.6 Å². The smallest absolute Gasteiger partial charge is 0.367 e. The molecule has 0 amide bonds. The summed E-state index contributed by atoms with van der Waals surface area (Å²) in [5.41, 5.74) is 1.66. The van der Waals surface area contributed by atoms with E-state index in [1.54, 1.807) is 19.2 Å². The second kappa shape index (κ2) is 10.2. The Balaban J connectivity index is 2.43. The lowest BCUT2D eigenvalue weighted by Crippen LogP contribution is -2.37. The number of rotatable bonds is 8. The lowest BCUT2D eigenvalue weighted by molar-refractivity contribution is -0.176. The number of halogens is 3. The molecule has 0 fully saturated rings. The highest BCUT2D eigenvalue weighted by molar-refractivity contribution is 5.79. The molecule has 0 radical (unpaired) electrons. The number of nitrogens with zero attached hydrogens (tertiary/aromatic N) is 1. The van der Waals surface area contributed by atoms with E-state index in [0.29, 0.717) is 24.0 Å². The molecule has 2 N–H and O–H groups in total. The molecule has 4 nitrogen and oxygen atoms in total. The maximum atomic E-state index is 12.1. The van der Waals surface area contributed by atoms with Gasteiger partial charge < -0.3 is 15.4 Å². The van der Waals surface area contributed by atoms with E-state index in [1.807, 2.05) is 12.1 Å². The van der Waals surface area contributed by atoms with E-state index in [4.69, 9.17) is 0 Å². The van der Waals surface area contributed by atoms with Crippen molar-refractivity contribution in [2.24, 2.45) is 10.9 Å². The van der Waals surface area contributed by atoms with Gasteiger partial charge in [-0.15, -0.1) is 0 Å². The van der Waals surface area contributed by atoms with Crippen molar-refractivity contribution in [3.05, 3.63) is 35.4 Å². The van der Waals surface area contributed by atoms with Gasteiger partial charge in [-0.2, -0.15) is 13.2 Å². The third kappa shape index (κ3) is 9.39. The van der Waals surface area contributed by atoms with Crippen LogP contribution in [0.4, 0.5) is 13.2 Å². The number of benzene rings is 1. The fourth-order valence-corrected chi connectivity index (χ4v) is 2.00. The minimum atomic E-state index is -4.30. The summed E-state index contributed by atoms with van der Waals surface area (Å²) in [5, 5.41) is 6.41. The topological polar surface area (TPSA) is 45.7 Å². The summed E-state index contributed by atoms with van der Waals surface area (Å²) in [6.45, 7) is 4.39. The molecule has 0 saturated carbocycles. The molecular weight excluding hydrogens is 319 g/mol. The summed E-state index contributed by atoms with van der Waals surface area (Å²) in [6, 6.07) is 7.28. The molecule has 24 heavy (non-hydrogen) atoms. The van der Waals surface area contributed by atoms with Gasteiger partial charge in [0.2, 0.25) is 0 Å². The Morgan fingerprint density at radius 2 is 1.92 bits per heavy atom. The first-order chi connectivity index (χ1) is 11.3. The van der Waals surface area contributed by atoms with Gasteiger partial charge >= 0.3 is 6.18 Å². The molecule has 0 aromatic heterocycles. The third-order valence-electron chi connectivity index (χ3n) is 3.22. The van der Waals surface area contributed by atoms with Gasteiger partial charge in [0.1, 0.15) is 6.61 Å². The molecule has 0 saturated heterocycles. The Hall–Kier alpha value is -1.76. The Labute approximate surface area is 141 Å². The van der Waals surface area contributed by atoms with E-state index >= 15 is 0 Å². The van der Waals surface area contributed by atoms with Crippen molar-refractivity contribution in [1.82, 2.24) is 10.6 Å². The highest BCUT2D eigenvalue weighted by Crippen LogP contribution is 2.16. The fourth-order valence-electron chi connectivity index (χ4n) is 2.00. The number of guanidine groups is 1. The van der Waals surface area contributed by atoms with Crippen LogP contribution in [0.3, 0.4) is 0 Å². The van der Waals surface area contributed by atoms with Gasteiger partial charge in [0.05, 0.1) is 6.61 Å². The average molecular weight is 345 g/mol. The first-order valence-corrected chi connectivity index (χ1v) is 7.97. The Bertz CT molecular complexity index is 516. The summed E-state index contributed by atoms with van der Waals surface area (Å²) in [7, 11) is 1.70. The number of alkyl halides is 3. The van der Waals surface area contributed by atoms with Gasteiger partial charge in [-0.05, 0) is 23.5 Å². The highest BCUT2D eigenvalue weighted by Gasteiger charge is 2.27. The van der Waals surface area contributed by atoms with E-state index in [9.17, 15) is 13.2 Å². The molecule has 0 aliphatic rings. The van der Waals surface area contributed by atoms with Gasteiger partial charge in [-0.3, -0.25) is 4.99 Å². The van der Waals surface area contributed by atoms with Crippen molar-refractivity contribution in [2.75, 3.05) is 20.2 Å². The Kier molecular flexibility index (Phi) is 8.60. The summed E-state index contributed by atoms with van der Waals surface area (Å²) >= 11 is 0. The average Bonchev–Trinajstić information content (AvgIpc) is 2.49. The van der Waals surface area contributed by atoms with Crippen LogP contribution in [0.1, 0.15) is 31.4 Å². The van der Waals surface area contributed by atoms with Gasteiger partial charge in [0.15, 0.2) is 5.96 Å². The van der Waals surface area contributed by atoms with Gasteiger partial charge in [-0.1, -0.05) is 38.1 Å². The molecule has 0 aliphatic carbocycles. The second-order valence-corrected chi connectivity index (χ2v) is 5.96. The Morgan fingerprint density at radius 1 is 1.21 bits per heavy atom. The van der Waals surface area contributed by atoms with Crippen LogP contribution in [0.25, 0.3) is 0 Å². The summed E-state index contributed by atoms with van der Waals surface area (Å²) in [6.07, 6.45) is -3.25. The molecule has 0 heterocycles. The number of ether oxygens (including phenoxy) is 1. The molecule has 1 aromatic carbocycles. The van der Waals surface area contributed by atoms with Crippen LogP contribution >= 0.6 is 0 Å². The fraction of sp³-hybridized carbons (Fsp3) is 0.588. The third-order valence-corrected chi connectivity index (χ3v) is 3.22. The lowest BCUT2D eigenvalue weighted by Gasteiger charge is -2.13. The molecule has 0 atom stereocenters. The standard InChI is InChI=1S/C17H26F3N3O/c1-13(2)7-8-22-16(21-3)23-10-14-5-4-6-15(9-14)11-24-12-17(18,19)20/h4-6,9,13H,7-8,10-12H2,1-3H3,(H2,21,22,23). The molecular formula is C17H26F3N3O. The lowest BCUT2D eigenvalue weighted by atomic mass is 10.1. The van der Waals surface area contributed by atoms with Crippen LogP contribution in [-0.2, 0) is 17.9 Å². The van der Waals surface area contributed by atoms with Crippen LogP contribution in [0.2, 0.25) is 0 Å². The monoisotopic (exact) mass is 345 g/mol. The molecule has 1 rings (SSSR count). The highest BCUT2D eigenvalue weighted by atomic mass is 19.4. The van der Waals surface area contributed by atoms with E-state index in [1.165, 1.54) is 0 Å². The Morgan fingerprint density at radius 3 is 2.54 bits per heavy atom. The van der Waals surface area contributed by atoms with Crippen LogP contribution in [-0.4, -0.2) is 32.3 Å². The van der Waals surface area contributed by atoms with Gasteiger partial charge in [0.25, 0.3) is 0 Å². The van der Waals surface area contributed by atoms with Gasteiger partial charge in [0, 0.05) is 20.1 Å². The number of hydrogen-bond acceptors (Lipinski definition) is 2. The zero-order chi connectivity index (χ0) is 18.0. The van der Waals surface area contributed by atoms with Crippen molar-refractivity contribution >= 4 is 5.96 Å². The first-order valence-electron chi connectivity index (χ1n) is 7.97. The zero-order valence-corrected chi connectivity index (χ0v) is 14.4. The maximum Gasteiger partial charge on any atom is 0.411 e. The normalized spacial score (nSPS) is 12.5. The molecule has 0 unspecified atom stereocenters. The summed E-state index contributed by atoms with van der Waals surface area (Å²) in [5.74, 6) is 1.32. The second-order valence-electron chi connectivity index (χ2n) is 5.96. The minimum Gasteiger partial charge on any atom is -0.367 e. The van der Waals surface area contributed by atoms with E-state index in [2.05, 4.69) is 34.2 Å². The first kappa shape index (κ1) is 20.3. The minimum absolute atomic E-state index is 0.0608. The van der Waals surface area contributed by atoms with E-state index in [-0.39, 0.29) is 6.61 Å².